The zero-order valence-corrected chi connectivity index (χ0v) is 15.6. The van der Waals surface area contributed by atoms with Crippen LogP contribution >= 0.6 is 11.3 Å². The van der Waals surface area contributed by atoms with Crippen LogP contribution in [0.25, 0.3) is 0 Å². The number of hydrogen-bond donors (Lipinski definition) is 1. The van der Waals surface area contributed by atoms with E-state index in [1.54, 1.807) is 0 Å². The standard InChI is InChI=1S/C20H22N2O2S/c1-12(2)14-8-7-13(3)9-17(14)24-11-19(23)22-20-16(10-21)15-5-4-6-18(15)25-20/h7-9,12H,4-6,11H2,1-3H3,(H,22,23). The molecule has 4 nitrogen and oxygen atoms in total. The minimum atomic E-state index is -0.229. The number of anilines is 1. The summed E-state index contributed by atoms with van der Waals surface area (Å²) in [5.74, 6) is 0.844. The number of nitrogens with zero attached hydrogens (tertiary/aromatic N) is 1. The van der Waals surface area contributed by atoms with Gasteiger partial charge in [0.15, 0.2) is 6.61 Å². The number of carbonyl (C=O) groups is 1. The molecule has 5 heteroatoms. The van der Waals surface area contributed by atoms with Crippen molar-refractivity contribution in [1.82, 2.24) is 0 Å². The van der Waals surface area contributed by atoms with Crippen molar-refractivity contribution in [2.45, 2.75) is 46.0 Å². The first-order chi connectivity index (χ1) is 12.0. The van der Waals surface area contributed by atoms with Crippen molar-refractivity contribution in [3.8, 4) is 11.8 Å². The molecule has 0 fully saturated rings. The summed E-state index contributed by atoms with van der Waals surface area (Å²) in [6, 6.07) is 8.30. The molecule has 1 amide bonds. The van der Waals surface area contributed by atoms with Crippen LogP contribution in [0.4, 0.5) is 5.00 Å². The fourth-order valence-corrected chi connectivity index (χ4v) is 4.42. The van der Waals surface area contributed by atoms with Gasteiger partial charge in [0.1, 0.15) is 16.8 Å². The maximum absolute atomic E-state index is 12.3. The fourth-order valence-electron chi connectivity index (χ4n) is 3.16. The Kier molecular flexibility index (Phi) is 5.10. The van der Waals surface area contributed by atoms with Crippen LogP contribution < -0.4 is 10.1 Å². The lowest BCUT2D eigenvalue weighted by atomic mass is 10.0. The zero-order chi connectivity index (χ0) is 18.0. The number of aryl methyl sites for hydroxylation is 2. The van der Waals surface area contributed by atoms with E-state index in [0.717, 1.165) is 41.7 Å². The predicted octanol–water partition coefficient (Wildman–Crippen LogP) is 4.56. The monoisotopic (exact) mass is 354 g/mol. The quantitative estimate of drug-likeness (QED) is 0.856. The lowest BCUT2D eigenvalue weighted by molar-refractivity contribution is -0.118. The fraction of sp³-hybridized carbons (Fsp3) is 0.400. The van der Waals surface area contributed by atoms with E-state index in [-0.39, 0.29) is 12.5 Å². The number of nitriles is 1. The van der Waals surface area contributed by atoms with Crippen molar-refractivity contribution in [1.29, 1.82) is 5.26 Å². The smallest absolute Gasteiger partial charge is 0.262 e. The Balaban J connectivity index is 1.69. The Morgan fingerprint density at radius 2 is 2.20 bits per heavy atom. The average molecular weight is 354 g/mol. The normalized spacial score (nSPS) is 12.8. The van der Waals surface area contributed by atoms with Crippen molar-refractivity contribution in [2.24, 2.45) is 0 Å². The SMILES string of the molecule is Cc1ccc(C(C)C)c(OCC(=O)Nc2sc3c(c2C#N)CCC3)c1. The highest BCUT2D eigenvalue weighted by molar-refractivity contribution is 7.16. The summed E-state index contributed by atoms with van der Waals surface area (Å²) in [7, 11) is 0. The summed E-state index contributed by atoms with van der Waals surface area (Å²) in [6.45, 7) is 6.15. The molecular weight excluding hydrogens is 332 g/mol. The van der Waals surface area contributed by atoms with Crippen molar-refractivity contribution < 1.29 is 9.53 Å². The highest BCUT2D eigenvalue weighted by atomic mass is 32.1. The van der Waals surface area contributed by atoms with Crippen molar-refractivity contribution >= 4 is 22.2 Å². The van der Waals surface area contributed by atoms with Gasteiger partial charge < -0.3 is 10.1 Å². The third-order valence-corrected chi connectivity index (χ3v) is 5.64. The van der Waals surface area contributed by atoms with Crippen LogP contribution in [0.15, 0.2) is 18.2 Å². The summed E-state index contributed by atoms with van der Waals surface area (Å²) in [4.78, 5) is 13.5. The number of ether oxygens (including phenoxy) is 1. The number of rotatable bonds is 5. The van der Waals surface area contributed by atoms with Gasteiger partial charge in [0, 0.05) is 4.88 Å². The van der Waals surface area contributed by atoms with E-state index < -0.39 is 0 Å². The van der Waals surface area contributed by atoms with Gasteiger partial charge in [-0.05, 0) is 54.9 Å². The number of amides is 1. The molecule has 0 saturated carbocycles. The van der Waals surface area contributed by atoms with Crippen LogP contribution in [0.5, 0.6) is 5.75 Å². The van der Waals surface area contributed by atoms with Gasteiger partial charge in [0.2, 0.25) is 0 Å². The third-order valence-electron chi connectivity index (χ3n) is 4.44. The molecule has 0 aliphatic heterocycles. The molecule has 25 heavy (non-hydrogen) atoms. The van der Waals surface area contributed by atoms with Crippen molar-refractivity contribution in [3.63, 3.8) is 0 Å². The van der Waals surface area contributed by atoms with E-state index in [2.05, 4.69) is 31.3 Å². The molecule has 0 saturated heterocycles. The summed E-state index contributed by atoms with van der Waals surface area (Å²) in [5.41, 5.74) is 3.93. The maximum Gasteiger partial charge on any atom is 0.262 e. The molecule has 1 aromatic heterocycles. The molecule has 130 valence electrons. The topological polar surface area (TPSA) is 62.1 Å². The maximum atomic E-state index is 12.3. The van der Waals surface area contributed by atoms with Crippen molar-refractivity contribution in [3.05, 3.63) is 45.3 Å². The molecule has 1 heterocycles. The van der Waals surface area contributed by atoms with Gasteiger partial charge in [-0.3, -0.25) is 4.79 Å². The first-order valence-corrected chi connectivity index (χ1v) is 9.39. The van der Waals surface area contributed by atoms with Crippen LogP contribution in [0.1, 0.15) is 53.3 Å². The molecule has 0 spiro atoms. The second kappa shape index (κ2) is 7.28. The summed E-state index contributed by atoms with van der Waals surface area (Å²) >= 11 is 1.52. The van der Waals surface area contributed by atoms with Gasteiger partial charge in [-0.15, -0.1) is 11.3 Å². The zero-order valence-electron chi connectivity index (χ0n) is 14.8. The number of thiophene rings is 1. The molecule has 2 aromatic rings. The number of hydrogen-bond acceptors (Lipinski definition) is 4. The average Bonchev–Trinajstić information content (AvgIpc) is 3.13. The van der Waals surface area contributed by atoms with Gasteiger partial charge >= 0.3 is 0 Å². The van der Waals surface area contributed by atoms with Gasteiger partial charge in [0.05, 0.1) is 5.56 Å². The molecule has 0 bridgehead atoms. The number of nitrogens with one attached hydrogen (secondary N) is 1. The lowest BCUT2D eigenvalue weighted by Crippen LogP contribution is -2.20. The number of benzene rings is 1. The lowest BCUT2D eigenvalue weighted by Gasteiger charge is -2.14. The van der Waals surface area contributed by atoms with E-state index in [4.69, 9.17) is 4.74 Å². The first-order valence-electron chi connectivity index (χ1n) is 8.57. The van der Waals surface area contributed by atoms with E-state index in [1.165, 1.54) is 16.2 Å². The Labute approximate surface area is 152 Å². The Morgan fingerprint density at radius 1 is 1.40 bits per heavy atom. The summed E-state index contributed by atoms with van der Waals surface area (Å²) < 4.78 is 5.77. The van der Waals surface area contributed by atoms with Gasteiger partial charge in [-0.25, -0.2) is 0 Å². The summed E-state index contributed by atoms with van der Waals surface area (Å²) in [6.07, 6.45) is 3.03. The Bertz CT molecular complexity index is 846. The number of carbonyl (C=O) groups excluding carboxylic acids is 1. The van der Waals surface area contributed by atoms with E-state index in [0.29, 0.717) is 16.5 Å². The highest BCUT2D eigenvalue weighted by Crippen LogP contribution is 2.38. The first kappa shape index (κ1) is 17.5. The van der Waals surface area contributed by atoms with E-state index in [1.807, 2.05) is 19.1 Å². The minimum absolute atomic E-state index is 0.0589. The molecule has 1 aromatic carbocycles. The van der Waals surface area contributed by atoms with E-state index >= 15 is 0 Å². The van der Waals surface area contributed by atoms with Crippen molar-refractivity contribution in [2.75, 3.05) is 11.9 Å². The van der Waals surface area contributed by atoms with Gasteiger partial charge in [0.25, 0.3) is 5.91 Å². The van der Waals surface area contributed by atoms with Gasteiger partial charge in [-0.1, -0.05) is 26.0 Å². The third kappa shape index (κ3) is 3.69. The van der Waals surface area contributed by atoms with Crippen LogP contribution in [0.2, 0.25) is 0 Å². The molecule has 1 N–H and O–H groups in total. The minimum Gasteiger partial charge on any atom is -0.483 e. The molecule has 3 rings (SSSR count). The second-order valence-corrected chi connectivity index (χ2v) is 7.81. The highest BCUT2D eigenvalue weighted by Gasteiger charge is 2.23. The molecule has 0 atom stereocenters. The van der Waals surface area contributed by atoms with E-state index in [9.17, 15) is 10.1 Å². The largest absolute Gasteiger partial charge is 0.483 e. The summed E-state index contributed by atoms with van der Waals surface area (Å²) in [5, 5.41) is 12.9. The molecule has 1 aliphatic rings. The molecule has 0 radical (unpaired) electrons. The molecule has 0 unspecified atom stereocenters. The Hall–Kier alpha value is -2.32. The number of fused-ring (bicyclic) bond motifs is 1. The van der Waals surface area contributed by atoms with Crippen LogP contribution in [-0.4, -0.2) is 12.5 Å². The molecular formula is C20H22N2O2S. The van der Waals surface area contributed by atoms with Gasteiger partial charge in [-0.2, -0.15) is 5.26 Å². The second-order valence-electron chi connectivity index (χ2n) is 6.71. The van der Waals surface area contributed by atoms with Crippen LogP contribution in [0, 0.1) is 18.3 Å². The predicted molar refractivity (Wildman–Crippen MR) is 100 cm³/mol. The van der Waals surface area contributed by atoms with Crippen LogP contribution in [-0.2, 0) is 17.6 Å². The molecule has 1 aliphatic carbocycles. The van der Waals surface area contributed by atoms with Crippen LogP contribution in [0.3, 0.4) is 0 Å². The Morgan fingerprint density at radius 3 is 2.92 bits per heavy atom.